The van der Waals surface area contributed by atoms with Gasteiger partial charge in [0.2, 0.25) is 10.0 Å². The summed E-state index contributed by atoms with van der Waals surface area (Å²) in [6, 6.07) is 2.51. The summed E-state index contributed by atoms with van der Waals surface area (Å²) in [5.74, 6) is -2.49. The Bertz CT molecular complexity index is 728. The van der Waals surface area contributed by atoms with Crippen LogP contribution >= 0.6 is 0 Å². The molecule has 0 bridgehead atoms. The Hall–Kier alpha value is -2.53. The van der Waals surface area contributed by atoms with E-state index in [0.29, 0.717) is 4.31 Å². The summed E-state index contributed by atoms with van der Waals surface area (Å²) in [5.41, 5.74) is -1.05. The van der Waals surface area contributed by atoms with E-state index in [0.717, 1.165) is 32.4 Å². The van der Waals surface area contributed by atoms with E-state index in [1.165, 1.54) is 0 Å². The fraction of sp³-hybridized carbons (Fsp3) is 0.273. The van der Waals surface area contributed by atoms with E-state index in [4.69, 9.17) is 5.11 Å². The van der Waals surface area contributed by atoms with Gasteiger partial charge in [0.15, 0.2) is 0 Å². The number of esters is 1. The number of hydrogen-bond acceptors (Lipinski definition) is 7. The van der Waals surface area contributed by atoms with Crippen molar-refractivity contribution in [1.29, 1.82) is 0 Å². The number of ether oxygens (including phenoxy) is 1. The predicted molar refractivity (Wildman–Crippen MR) is 71.9 cm³/mol. The maximum Gasteiger partial charge on any atom is 0.339 e. The Labute approximate surface area is 125 Å². The number of non-ortho nitro benzene ring substituents is 1. The number of rotatable bonds is 6. The van der Waals surface area contributed by atoms with Gasteiger partial charge in [-0.15, -0.1) is 0 Å². The molecule has 0 atom stereocenters. The minimum absolute atomic E-state index is 0.500. The molecule has 0 fully saturated rings. The molecule has 0 aliphatic carbocycles. The second-order valence-electron chi connectivity index (χ2n) is 4.08. The van der Waals surface area contributed by atoms with Crippen LogP contribution in [0.4, 0.5) is 5.69 Å². The molecule has 0 spiro atoms. The lowest BCUT2D eigenvalue weighted by Crippen LogP contribution is -2.33. The number of sulfonamides is 1. The number of carbonyl (C=O) groups is 2. The third-order valence-electron chi connectivity index (χ3n) is 2.63. The van der Waals surface area contributed by atoms with Crippen LogP contribution in [0.15, 0.2) is 23.1 Å². The van der Waals surface area contributed by atoms with Gasteiger partial charge in [-0.2, -0.15) is 4.31 Å². The van der Waals surface area contributed by atoms with E-state index in [-0.39, 0.29) is 0 Å². The van der Waals surface area contributed by atoms with Crippen LogP contribution in [0.1, 0.15) is 10.4 Å². The van der Waals surface area contributed by atoms with Crippen molar-refractivity contribution in [1.82, 2.24) is 4.31 Å². The molecule has 0 saturated heterocycles. The Morgan fingerprint density at radius 2 is 2.00 bits per heavy atom. The third-order valence-corrected chi connectivity index (χ3v) is 4.49. The lowest BCUT2D eigenvalue weighted by atomic mass is 10.2. The molecule has 11 heteroatoms. The van der Waals surface area contributed by atoms with Crippen molar-refractivity contribution in [3.8, 4) is 0 Å². The first-order valence-electron chi connectivity index (χ1n) is 5.66. The molecular formula is C11H12N2O8S. The molecule has 0 saturated carbocycles. The van der Waals surface area contributed by atoms with Crippen LogP contribution in [0, 0.1) is 10.1 Å². The molecule has 0 unspecified atom stereocenters. The molecule has 22 heavy (non-hydrogen) atoms. The van der Waals surface area contributed by atoms with Crippen molar-refractivity contribution < 1.29 is 32.8 Å². The van der Waals surface area contributed by atoms with Gasteiger partial charge in [-0.05, 0) is 6.07 Å². The van der Waals surface area contributed by atoms with Crippen LogP contribution in [0.3, 0.4) is 0 Å². The van der Waals surface area contributed by atoms with Crippen molar-refractivity contribution in [3.63, 3.8) is 0 Å². The Morgan fingerprint density at radius 3 is 2.45 bits per heavy atom. The average molecular weight is 332 g/mol. The highest BCUT2D eigenvalue weighted by molar-refractivity contribution is 7.89. The summed E-state index contributed by atoms with van der Waals surface area (Å²) in [6.07, 6.45) is 0. The number of carboxylic acids is 1. The van der Waals surface area contributed by atoms with Crippen molar-refractivity contribution >= 4 is 27.6 Å². The van der Waals surface area contributed by atoms with Gasteiger partial charge in [-0.25, -0.2) is 13.2 Å². The van der Waals surface area contributed by atoms with E-state index < -0.39 is 49.6 Å². The zero-order valence-corrected chi connectivity index (χ0v) is 12.4. The number of methoxy groups -OCH3 is 1. The van der Waals surface area contributed by atoms with Gasteiger partial charge in [0, 0.05) is 19.2 Å². The zero-order valence-electron chi connectivity index (χ0n) is 11.5. The first-order chi connectivity index (χ1) is 10.1. The smallest absolute Gasteiger partial charge is 0.339 e. The van der Waals surface area contributed by atoms with Gasteiger partial charge in [0.05, 0.1) is 22.5 Å². The van der Waals surface area contributed by atoms with Gasteiger partial charge in [-0.1, -0.05) is 0 Å². The SMILES string of the molecule is COC(=O)c1cc([N+](=O)[O-])ccc1S(=O)(=O)N(C)CC(=O)O. The third kappa shape index (κ3) is 3.56. The van der Waals surface area contributed by atoms with Gasteiger partial charge < -0.3 is 9.84 Å². The standard InChI is InChI=1S/C11H12N2O8S/c1-12(6-10(14)15)22(19,20)9-4-3-7(13(17)18)5-8(9)11(16)21-2/h3-5H,6H2,1-2H3,(H,14,15). The molecule has 1 aromatic carbocycles. The first kappa shape index (κ1) is 17.5. The minimum Gasteiger partial charge on any atom is -0.480 e. The van der Waals surface area contributed by atoms with Gasteiger partial charge >= 0.3 is 11.9 Å². The highest BCUT2D eigenvalue weighted by atomic mass is 32.2. The zero-order chi connectivity index (χ0) is 17.1. The molecule has 10 nitrogen and oxygen atoms in total. The Balaban J connectivity index is 3.49. The number of likely N-dealkylation sites (N-methyl/N-ethyl adjacent to an activating group) is 1. The first-order valence-corrected chi connectivity index (χ1v) is 7.10. The van der Waals surface area contributed by atoms with Crippen molar-refractivity contribution in [2.75, 3.05) is 20.7 Å². The second kappa shape index (κ2) is 6.49. The summed E-state index contributed by atoms with van der Waals surface area (Å²) in [4.78, 5) is 31.6. The molecule has 0 aliphatic heterocycles. The van der Waals surface area contributed by atoms with E-state index in [2.05, 4.69) is 4.74 Å². The number of carboxylic acid groups (broad SMARTS) is 1. The largest absolute Gasteiger partial charge is 0.480 e. The van der Waals surface area contributed by atoms with Crippen LogP contribution in [-0.4, -0.2) is 55.4 Å². The molecule has 1 rings (SSSR count). The lowest BCUT2D eigenvalue weighted by Gasteiger charge is -2.16. The highest BCUT2D eigenvalue weighted by Crippen LogP contribution is 2.24. The van der Waals surface area contributed by atoms with Crippen molar-refractivity contribution in [2.45, 2.75) is 4.90 Å². The average Bonchev–Trinajstić information content (AvgIpc) is 2.44. The van der Waals surface area contributed by atoms with Crippen molar-refractivity contribution in [2.24, 2.45) is 0 Å². The number of nitro benzene ring substituents is 1. The summed E-state index contributed by atoms with van der Waals surface area (Å²) >= 11 is 0. The molecule has 0 aromatic heterocycles. The quantitative estimate of drug-likeness (QED) is 0.438. The fourth-order valence-corrected chi connectivity index (χ4v) is 2.85. The van der Waals surface area contributed by atoms with Crippen LogP contribution in [0.2, 0.25) is 0 Å². The number of nitrogens with zero attached hydrogens (tertiary/aromatic N) is 2. The van der Waals surface area contributed by atoms with Gasteiger partial charge in [-0.3, -0.25) is 14.9 Å². The molecule has 0 radical (unpaired) electrons. The molecule has 1 N–H and O–H groups in total. The van der Waals surface area contributed by atoms with Gasteiger partial charge in [0.1, 0.15) is 6.54 Å². The summed E-state index contributed by atoms with van der Waals surface area (Å²) in [6.45, 7) is -0.833. The Morgan fingerprint density at radius 1 is 1.41 bits per heavy atom. The molecule has 0 aliphatic rings. The number of benzene rings is 1. The second-order valence-corrected chi connectivity index (χ2v) is 6.10. The van der Waals surface area contributed by atoms with Gasteiger partial charge in [0.25, 0.3) is 5.69 Å². The summed E-state index contributed by atoms with van der Waals surface area (Å²) in [5, 5.41) is 19.4. The van der Waals surface area contributed by atoms with E-state index >= 15 is 0 Å². The summed E-state index contributed by atoms with van der Waals surface area (Å²) in [7, 11) is -2.34. The van der Waals surface area contributed by atoms with Crippen LogP contribution in [-0.2, 0) is 19.6 Å². The highest BCUT2D eigenvalue weighted by Gasteiger charge is 2.30. The maximum atomic E-state index is 12.3. The number of carbonyl (C=O) groups excluding carboxylic acids is 1. The van der Waals surface area contributed by atoms with E-state index in [1.54, 1.807) is 0 Å². The molecule has 0 heterocycles. The molecular weight excluding hydrogens is 320 g/mol. The minimum atomic E-state index is -4.33. The van der Waals surface area contributed by atoms with E-state index in [1.807, 2.05) is 0 Å². The monoisotopic (exact) mass is 332 g/mol. The lowest BCUT2D eigenvalue weighted by molar-refractivity contribution is -0.384. The molecule has 1 aromatic rings. The predicted octanol–water partition coefficient (Wildman–Crippen LogP) is 0.0865. The number of aliphatic carboxylic acids is 1. The molecule has 120 valence electrons. The number of nitro groups is 1. The number of hydrogen-bond donors (Lipinski definition) is 1. The summed E-state index contributed by atoms with van der Waals surface area (Å²) < 4.78 is 29.5. The molecule has 0 amide bonds. The Kier molecular flexibility index (Phi) is 5.17. The van der Waals surface area contributed by atoms with E-state index in [9.17, 15) is 28.1 Å². The van der Waals surface area contributed by atoms with Crippen LogP contribution in [0.25, 0.3) is 0 Å². The van der Waals surface area contributed by atoms with Crippen molar-refractivity contribution in [3.05, 3.63) is 33.9 Å². The normalized spacial score (nSPS) is 11.2. The topological polar surface area (TPSA) is 144 Å². The fourth-order valence-electron chi connectivity index (χ4n) is 1.57. The van der Waals surface area contributed by atoms with Crippen LogP contribution in [0.5, 0.6) is 0 Å². The van der Waals surface area contributed by atoms with Crippen LogP contribution < -0.4 is 0 Å². The maximum absolute atomic E-state index is 12.3.